The minimum absolute atomic E-state index is 0. The quantitative estimate of drug-likeness (QED) is 0.762. The van der Waals surface area contributed by atoms with Gasteiger partial charge in [-0.15, -0.1) is 12.4 Å². The molecule has 3 atom stereocenters. The number of halogens is 1. The lowest BCUT2D eigenvalue weighted by atomic mass is 10.0. The fraction of sp³-hybridized carbons (Fsp3) is 0.909. The topological polar surface area (TPSA) is 78.5 Å². The van der Waals surface area contributed by atoms with Gasteiger partial charge in [0.15, 0.2) is 5.25 Å². The molecule has 2 N–H and O–H groups in total. The second-order valence-corrected chi connectivity index (χ2v) is 7.15. The molecule has 1 amide bonds. The monoisotopic (exact) mass is 313 g/mol. The van der Waals surface area contributed by atoms with E-state index in [2.05, 4.69) is 10.0 Å². The van der Waals surface area contributed by atoms with Crippen LogP contribution in [0.15, 0.2) is 0 Å². The number of nitrogens with zero attached hydrogens (tertiary/aromatic N) is 1. The summed E-state index contributed by atoms with van der Waals surface area (Å²) in [5.74, 6) is -0.399. The van der Waals surface area contributed by atoms with Gasteiger partial charge in [-0.25, -0.2) is 13.1 Å². The van der Waals surface area contributed by atoms with Gasteiger partial charge in [-0.05, 0) is 33.2 Å². The first-order chi connectivity index (χ1) is 8.24. The molecule has 0 saturated carbocycles. The van der Waals surface area contributed by atoms with Gasteiger partial charge in [-0.2, -0.15) is 0 Å². The summed E-state index contributed by atoms with van der Waals surface area (Å²) in [5, 5.41) is 2.21. The molecule has 6 nitrogen and oxygen atoms in total. The summed E-state index contributed by atoms with van der Waals surface area (Å²) in [7, 11) is -0.484. The van der Waals surface area contributed by atoms with Crippen LogP contribution < -0.4 is 10.0 Å². The Hall–Kier alpha value is -0.370. The van der Waals surface area contributed by atoms with E-state index in [1.54, 1.807) is 14.1 Å². The molecule has 0 radical (unpaired) electrons. The molecule has 0 aromatic heterocycles. The Kier molecular flexibility index (Phi) is 7.28. The van der Waals surface area contributed by atoms with E-state index in [9.17, 15) is 13.2 Å². The number of nitrogens with one attached hydrogen (secondary N) is 2. The highest BCUT2D eigenvalue weighted by atomic mass is 35.5. The Morgan fingerprint density at radius 1 is 1.42 bits per heavy atom. The predicted octanol–water partition coefficient (Wildman–Crippen LogP) is -0.0552. The van der Waals surface area contributed by atoms with Gasteiger partial charge in [0.2, 0.25) is 15.9 Å². The van der Waals surface area contributed by atoms with Crippen molar-refractivity contribution >= 4 is 28.3 Å². The lowest BCUT2D eigenvalue weighted by Crippen LogP contribution is -2.50. The van der Waals surface area contributed by atoms with E-state index < -0.39 is 21.2 Å². The molecule has 1 fully saturated rings. The first kappa shape index (κ1) is 18.6. The number of rotatable bonds is 4. The number of hydrogen-bond donors (Lipinski definition) is 2. The zero-order valence-electron chi connectivity index (χ0n) is 11.8. The molecule has 0 aromatic rings. The SMILES string of the molecule is CC1CC(NS(=O)(=O)C(C)C(=O)N(C)C)CCN1.Cl. The predicted molar refractivity (Wildman–Crippen MR) is 77.9 cm³/mol. The van der Waals surface area contributed by atoms with Crippen LogP contribution in [0.4, 0.5) is 0 Å². The summed E-state index contributed by atoms with van der Waals surface area (Å²) < 4.78 is 26.8. The van der Waals surface area contributed by atoms with Crippen molar-refractivity contribution in [3.8, 4) is 0 Å². The average Bonchev–Trinajstić information content (AvgIpc) is 2.26. The van der Waals surface area contributed by atoms with Crippen molar-refractivity contribution in [2.24, 2.45) is 0 Å². The van der Waals surface area contributed by atoms with Crippen molar-refractivity contribution < 1.29 is 13.2 Å². The first-order valence-electron chi connectivity index (χ1n) is 6.19. The van der Waals surface area contributed by atoms with Gasteiger partial charge < -0.3 is 10.2 Å². The van der Waals surface area contributed by atoms with Gasteiger partial charge >= 0.3 is 0 Å². The highest BCUT2D eigenvalue weighted by Crippen LogP contribution is 2.11. The number of piperidine rings is 1. The maximum atomic E-state index is 12.1. The largest absolute Gasteiger partial charge is 0.348 e. The second-order valence-electron chi connectivity index (χ2n) is 5.11. The smallest absolute Gasteiger partial charge is 0.241 e. The number of hydrogen-bond acceptors (Lipinski definition) is 4. The van der Waals surface area contributed by atoms with E-state index in [4.69, 9.17) is 0 Å². The fourth-order valence-corrected chi connectivity index (χ4v) is 3.43. The summed E-state index contributed by atoms with van der Waals surface area (Å²) in [6.07, 6.45) is 1.51. The van der Waals surface area contributed by atoms with Gasteiger partial charge in [0.1, 0.15) is 0 Å². The lowest BCUT2D eigenvalue weighted by molar-refractivity contribution is -0.127. The van der Waals surface area contributed by atoms with Crippen LogP contribution in [0.25, 0.3) is 0 Å². The number of sulfonamides is 1. The Balaban J connectivity index is 0.00000324. The normalized spacial score (nSPS) is 25.3. The van der Waals surface area contributed by atoms with Crippen LogP contribution in [0, 0.1) is 0 Å². The van der Waals surface area contributed by atoms with Crippen LogP contribution in [-0.2, 0) is 14.8 Å². The Bertz CT molecular complexity index is 400. The van der Waals surface area contributed by atoms with Gasteiger partial charge in [0.05, 0.1) is 0 Å². The van der Waals surface area contributed by atoms with E-state index >= 15 is 0 Å². The minimum atomic E-state index is -3.60. The van der Waals surface area contributed by atoms with E-state index in [0.29, 0.717) is 6.04 Å². The molecule has 1 saturated heterocycles. The van der Waals surface area contributed by atoms with Gasteiger partial charge in [-0.3, -0.25) is 4.79 Å². The molecule has 8 heteroatoms. The standard InChI is InChI=1S/C11H23N3O3S.ClH/c1-8-7-10(5-6-12-8)13-18(16,17)9(2)11(15)14(3)4;/h8-10,12-13H,5-7H2,1-4H3;1H. The van der Waals surface area contributed by atoms with Crippen LogP contribution in [0.1, 0.15) is 26.7 Å². The molecule has 114 valence electrons. The van der Waals surface area contributed by atoms with Crippen molar-refractivity contribution in [2.45, 2.75) is 44.0 Å². The van der Waals surface area contributed by atoms with Gasteiger partial charge in [0.25, 0.3) is 0 Å². The van der Waals surface area contributed by atoms with Crippen LogP contribution in [0.5, 0.6) is 0 Å². The van der Waals surface area contributed by atoms with Crippen LogP contribution in [-0.4, -0.2) is 57.2 Å². The number of carbonyl (C=O) groups excluding carboxylic acids is 1. The third-order valence-corrected chi connectivity index (χ3v) is 5.00. The summed E-state index contributed by atoms with van der Waals surface area (Å²) in [4.78, 5) is 13.0. The van der Waals surface area contributed by atoms with E-state index in [1.807, 2.05) is 6.92 Å². The maximum Gasteiger partial charge on any atom is 0.241 e. The number of amides is 1. The fourth-order valence-electron chi connectivity index (χ4n) is 2.07. The Labute approximate surface area is 121 Å². The second kappa shape index (κ2) is 7.42. The zero-order chi connectivity index (χ0) is 13.9. The van der Waals surface area contributed by atoms with Gasteiger partial charge in [-0.1, -0.05) is 0 Å². The van der Waals surface area contributed by atoms with E-state index in [-0.39, 0.29) is 18.4 Å². The van der Waals surface area contributed by atoms with E-state index in [0.717, 1.165) is 19.4 Å². The first-order valence-corrected chi connectivity index (χ1v) is 7.74. The Morgan fingerprint density at radius 2 is 2.00 bits per heavy atom. The third kappa shape index (κ3) is 5.25. The summed E-state index contributed by atoms with van der Waals surface area (Å²) in [6.45, 7) is 4.24. The highest BCUT2D eigenvalue weighted by molar-refractivity contribution is 7.90. The van der Waals surface area contributed by atoms with Crippen molar-refractivity contribution in [1.29, 1.82) is 0 Å². The molecule has 0 spiro atoms. The molecule has 0 aliphatic carbocycles. The third-order valence-electron chi connectivity index (χ3n) is 3.21. The van der Waals surface area contributed by atoms with Crippen LogP contribution >= 0.6 is 12.4 Å². The molecule has 19 heavy (non-hydrogen) atoms. The van der Waals surface area contributed by atoms with Crippen LogP contribution in [0.2, 0.25) is 0 Å². The molecular formula is C11H24ClN3O3S. The van der Waals surface area contributed by atoms with Crippen molar-refractivity contribution in [3.63, 3.8) is 0 Å². The molecule has 1 heterocycles. The molecule has 1 aliphatic heterocycles. The summed E-state index contributed by atoms with van der Waals surface area (Å²) in [6, 6.07) is 0.218. The van der Waals surface area contributed by atoms with E-state index in [1.165, 1.54) is 11.8 Å². The molecule has 1 aliphatic rings. The van der Waals surface area contributed by atoms with Crippen molar-refractivity contribution in [3.05, 3.63) is 0 Å². The average molecular weight is 314 g/mol. The zero-order valence-corrected chi connectivity index (χ0v) is 13.5. The lowest BCUT2D eigenvalue weighted by Gasteiger charge is -2.29. The molecule has 3 unspecified atom stereocenters. The molecular weight excluding hydrogens is 290 g/mol. The minimum Gasteiger partial charge on any atom is -0.348 e. The van der Waals surface area contributed by atoms with Crippen LogP contribution in [0.3, 0.4) is 0 Å². The molecule has 1 rings (SSSR count). The Morgan fingerprint density at radius 3 is 2.47 bits per heavy atom. The highest BCUT2D eigenvalue weighted by Gasteiger charge is 2.32. The van der Waals surface area contributed by atoms with Crippen molar-refractivity contribution in [1.82, 2.24) is 14.9 Å². The molecule has 0 aromatic carbocycles. The maximum absolute atomic E-state index is 12.1. The number of carbonyl (C=O) groups is 1. The van der Waals surface area contributed by atoms with Gasteiger partial charge in [0, 0.05) is 26.2 Å². The van der Waals surface area contributed by atoms with Crippen molar-refractivity contribution in [2.75, 3.05) is 20.6 Å². The summed E-state index contributed by atoms with van der Waals surface area (Å²) in [5.41, 5.74) is 0. The summed E-state index contributed by atoms with van der Waals surface area (Å²) >= 11 is 0. The molecule has 0 bridgehead atoms.